The van der Waals surface area contributed by atoms with Gasteiger partial charge in [0.05, 0.1) is 18.0 Å². The third kappa shape index (κ3) is 4.75. The molecule has 0 saturated carbocycles. The Morgan fingerprint density at radius 1 is 1.33 bits per heavy atom. The van der Waals surface area contributed by atoms with E-state index in [-0.39, 0.29) is 6.09 Å². The second-order valence-electron chi connectivity index (χ2n) is 6.42. The summed E-state index contributed by atoms with van der Waals surface area (Å²) in [5.74, 6) is -0.391. The van der Waals surface area contributed by atoms with Crippen LogP contribution in [-0.2, 0) is 14.3 Å². The Morgan fingerprint density at radius 2 is 2.08 bits per heavy atom. The van der Waals surface area contributed by atoms with E-state index in [9.17, 15) is 9.59 Å². The molecule has 1 aromatic rings. The van der Waals surface area contributed by atoms with E-state index in [1.54, 1.807) is 17.9 Å². The van der Waals surface area contributed by atoms with E-state index >= 15 is 0 Å². The normalized spacial score (nSPS) is 14.1. The highest BCUT2D eigenvalue weighted by molar-refractivity contribution is 5.95. The van der Waals surface area contributed by atoms with Crippen LogP contribution in [0.2, 0.25) is 0 Å². The van der Waals surface area contributed by atoms with Crippen LogP contribution in [0.5, 0.6) is 0 Å². The Bertz CT molecular complexity index is 647. The first-order valence-corrected chi connectivity index (χ1v) is 8.03. The second kappa shape index (κ2) is 7.38. The number of carbonyl (C=O) groups excluding carboxylic acids is 2. The van der Waals surface area contributed by atoms with E-state index in [0.29, 0.717) is 19.7 Å². The molecule has 24 heavy (non-hydrogen) atoms. The lowest BCUT2D eigenvalue weighted by Crippen LogP contribution is -2.42. The van der Waals surface area contributed by atoms with Gasteiger partial charge in [-0.2, -0.15) is 0 Å². The third-order valence-corrected chi connectivity index (χ3v) is 3.28. The quantitative estimate of drug-likeness (QED) is 0.678. The summed E-state index contributed by atoms with van der Waals surface area (Å²) >= 11 is 0. The summed E-state index contributed by atoms with van der Waals surface area (Å²) in [5, 5.41) is 3.26. The highest BCUT2D eigenvalue weighted by atomic mass is 16.6. The summed E-state index contributed by atoms with van der Waals surface area (Å²) in [6.07, 6.45) is 2.66. The Balaban J connectivity index is 2.23. The first-order valence-electron chi connectivity index (χ1n) is 8.03. The van der Waals surface area contributed by atoms with E-state index in [0.717, 1.165) is 16.9 Å². The van der Waals surface area contributed by atoms with Crippen LogP contribution < -0.4 is 10.2 Å². The summed E-state index contributed by atoms with van der Waals surface area (Å²) in [5.41, 5.74) is 1.85. The molecule has 1 aliphatic heterocycles. The molecule has 130 valence electrons. The molecule has 1 aliphatic rings. The predicted octanol–water partition coefficient (Wildman–Crippen LogP) is 3.43. The number of nitrogens with zero attached hydrogens (tertiary/aromatic N) is 1. The van der Waals surface area contributed by atoms with Gasteiger partial charge in [-0.15, -0.1) is 0 Å². The molecule has 6 nitrogen and oxygen atoms in total. The summed E-state index contributed by atoms with van der Waals surface area (Å²) in [4.78, 5) is 25.5. The van der Waals surface area contributed by atoms with Crippen LogP contribution >= 0.6 is 0 Å². The number of hydrogen-bond acceptors (Lipinski definition) is 5. The fourth-order valence-corrected chi connectivity index (χ4v) is 2.31. The number of carbonyl (C=O) groups is 2. The number of amides is 1. The third-order valence-electron chi connectivity index (χ3n) is 3.28. The van der Waals surface area contributed by atoms with Crippen LogP contribution in [-0.4, -0.2) is 37.4 Å². The minimum Gasteiger partial charge on any atom is -0.463 e. The summed E-state index contributed by atoms with van der Waals surface area (Å²) < 4.78 is 10.3. The lowest BCUT2D eigenvalue weighted by Gasteiger charge is -2.32. The van der Waals surface area contributed by atoms with E-state index in [2.05, 4.69) is 5.32 Å². The van der Waals surface area contributed by atoms with E-state index in [4.69, 9.17) is 9.47 Å². The van der Waals surface area contributed by atoms with Crippen molar-refractivity contribution in [2.75, 3.05) is 29.9 Å². The number of hydrogen-bond donors (Lipinski definition) is 1. The van der Waals surface area contributed by atoms with Gasteiger partial charge in [-0.3, -0.25) is 4.90 Å². The molecule has 0 unspecified atom stereocenters. The van der Waals surface area contributed by atoms with Crippen molar-refractivity contribution in [2.24, 2.45) is 0 Å². The average molecular weight is 332 g/mol. The van der Waals surface area contributed by atoms with Gasteiger partial charge in [0, 0.05) is 19.2 Å². The zero-order valence-corrected chi connectivity index (χ0v) is 14.6. The average Bonchev–Trinajstić information content (AvgIpc) is 2.50. The molecule has 1 heterocycles. The smallest absolute Gasteiger partial charge is 0.414 e. The zero-order chi connectivity index (χ0) is 17.7. The SMILES string of the molecule is CCOC(=O)C=Cc1ccc2c(c1)N(C(=O)OC(C)(C)C)CCN2. The molecular formula is C18H24N2O4. The zero-order valence-electron chi connectivity index (χ0n) is 14.6. The number of anilines is 2. The Labute approximate surface area is 142 Å². The first kappa shape index (κ1) is 17.8. The molecule has 0 aromatic heterocycles. The predicted molar refractivity (Wildman–Crippen MR) is 94.2 cm³/mol. The van der Waals surface area contributed by atoms with Gasteiger partial charge in [-0.1, -0.05) is 6.07 Å². The van der Waals surface area contributed by atoms with Crippen molar-refractivity contribution in [1.29, 1.82) is 0 Å². The summed E-state index contributed by atoms with van der Waals surface area (Å²) in [6, 6.07) is 5.61. The second-order valence-corrected chi connectivity index (χ2v) is 6.42. The molecule has 1 N–H and O–H groups in total. The molecule has 0 fully saturated rings. The number of ether oxygens (including phenoxy) is 2. The molecule has 0 bridgehead atoms. The molecule has 0 saturated heterocycles. The highest BCUT2D eigenvalue weighted by Crippen LogP contribution is 2.31. The molecule has 0 spiro atoms. The number of esters is 1. The fourth-order valence-electron chi connectivity index (χ4n) is 2.31. The van der Waals surface area contributed by atoms with Crippen molar-refractivity contribution in [3.63, 3.8) is 0 Å². The van der Waals surface area contributed by atoms with Crippen LogP contribution in [0.1, 0.15) is 33.3 Å². The molecule has 0 atom stereocenters. The topological polar surface area (TPSA) is 67.9 Å². The number of fused-ring (bicyclic) bond motifs is 1. The van der Waals surface area contributed by atoms with Crippen molar-refractivity contribution >= 4 is 29.5 Å². The molecule has 1 aromatic carbocycles. The molecule has 2 rings (SSSR count). The lowest BCUT2D eigenvalue weighted by molar-refractivity contribution is -0.137. The monoisotopic (exact) mass is 332 g/mol. The lowest BCUT2D eigenvalue weighted by atomic mass is 10.1. The Hall–Kier alpha value is -2.50. The van der Waals surface area contributed by atoms with Gasteiger partial charge in [-0.25, -0.2) is 9.59 Å². The van der Waals surface area contributed by atoms with Crippen molar-refractivity contribution < 1.29 is 19.1 Å². The maximum atomic E-state index is 12.4. The number of nitrogens with one attached hydrogen (secondary N) is 1. The molecule has 1 amide bonds. The van der Waals surface area contributed by atoms with Gasteiger partial charge in [-0.05, 0) is 51.5 Å². The number of benzene rings is 1. The minimum atomic E-state index is -0.552. The minimum absolute atomic E-state index is 0.337. The maximum Gasteiger partial charge on any atom is 0.414 e. The first-order chi connectivity index (χ1) is 11.3. The highest BCUT2D eigenvalue weighted by Gasteiger charge is 2.27. The van der Waals surface area contributed by atoms with Gasteiger partial charge in [0.1, 0.15) is 5.60 Å². The molecule has 0 aliphatic carbocycles. The fraction of sp³-hybridized carbons (Fsp3) is 0.444. The summed E-state index contributed by atoms with van der Waals surface area (Å²) in [7, 11) is 0. The summed E-state index contributed by atoms with van der Waals surface area (Å²) in [6.45, 7) is 8.79. The van der Waals surface area contributed by atoms with E-state index in [1.165, 1.54) is 6.08 Å². The molecular weight excluding hydrogens is 308 g/mol. The van der Waals surface area contributed by atoms with Crippen LogP contribution in [0.15, 0.2) is 24.3 Å². The van der Waals surface area contributed by atoms with Gasteiger partial charge in [0.2, 0.25) is 0 Å². The molecule has 0 radical (unpaired) electrons. The van der Waals surface area contributed by atoms with Crippen molar-refractivity contribution in [3.8, 4) is 0 Å². The van der Waals surface area contributed by atoms with E-state index in [1.807, 2.05) is 39.0 Å². The van der Waals surface area contributed by atoms with Crippen molar-refractivity contribution in [1.82, 2.24) is 0 Å². The standard InChI is InChI=1S/C18H24N2O4/c1-5-23-16(21)9-7-13-6-8-14-15(12-13)20(11-10-19-14)17(22)24-18(2,3)4/h6-9,12,19H,5,10-11H2,1-4H3. The van der Waals surface area contributed by atoms with Crippen molar-refractivity contribution in [2.45, 2.75) is 33.3 Å². The largest absolute Gasteiger partial charge is 0.463 e. The van der Waals surface area contributed by atoms with Crippen molar-refractivity contribution in [3.05, 3.63) is 29.8 Å². The Morgan fingerprint density at radius 3 is 2.75 bits per heavy atom. The molecule has 6 heteroatoms. The van der Waals surface area contributed by atoms with Crippen LogP contribution in [0.4, 0.5) is 16.2 Å². The maximum absolute atomic E-state index is 12.4. The van der Waals surface area contributed by atoms with Gasteiger partial charge in [0.15, 0.2) is 0 Å². The Kier molecular flexibility index (Phi) is 5.49. The van der Waals surface area contributed by atoms with E-state index < -0.39 is 11.6 Å². The van der Waals surface area contributed by atoms with Gasteiger partial charge >= 0.3 is 12.1 Å². The van der Waals surface area contributed by atoms with Crippen LogP contribution in [0, 0.1) is 0 Å². The van der Waals surface area contributed by atoms with Gasteiger partial charge in [0.25, 0.3) is 0 Å². The van der Waals surface area contributed by atoms with Crippen LogP contribution in [0.3, 0.4) is 0 Å². The van der Waals surface area contributed by atoms with Gasteiger partial charge < -0.3 is 14.8 Å². The number of rotatable bonds is 3. The van der Waals surface area contributed by atoms with Crippen LogP contribution in [0.25, 0.3) is 6.08 Å².